The third kappa shape index (κ3) is 3.61. The molecule has 3 aromatic rings. The highest BCUT2D eigenvalue weighted by Crippen LogP contribution is 2.39. The molecule has 1 aliphatic heterocycles. The highest BCUT2D eigenvalue weighted by Gasteiger charge is 2.24. The topological polar surface area (TPSA) is 66.2 Å². The van der Waals surface area contributed by atoms with Gasteiger partial charge >= 0.3 is 0 Å². The summed E-state index contributed by atoms with van der Waals surface area (Å²) in [5, 5.41) is 8.24. The first-order valence-corrected chi connectivity index (χ1v) is 10.1. The lowest BCUT2D eigenvalue weighted by atomic mass is 10.00. The van der Waals surface area contributed by atoms with Gasteiger partial charge in [-0.05, 0) is 17.5 Å². The average molecular weight is 430 g/mol. The van der Waals surface area contributed by atoms with E-state index in [-0.39, 0.29) is 16.3 Å². The zero-order valence-corrected chi connectivity index (χ0v) is 17.5. The van der Waals surface area contributed by atoms with Gasteiger partial charge < -0.3 is 21.3 Å². The molecule has 8 heteroatoms. The normalized spacial score (nSPS) is 14.2. The molecule has 29 heavy (non-hydrogen) atoms. The number of benzene rings is 2. The Labute approximate surface area is 179 Å². The van der Waals surface area contributed by atoms with E-state index >= 15 is 4.39 Å². The maximum absolute atomic E-state index is 15.5. The number of nitrogen functional groups attached to an aromatic ring is 1. The van der Waals surface area contributed by atoms with Gasteiger partial charge in [-0.25, -0.2) is 9.37 Å². The van der Waals surface area contributed by atoms with Crippen LogP contribution in [0.1, 0.15) is 5.56 Å². The molecule has 1 saturated heterocycles. The minimum absolute atomic E-state index is 0.00586. The molecule has 0 saturated carbocycles. The van der Waals surface area contributed by atoms with E-state index in [1.807, 2.05) is 35.2 Å². The van der Waals surface area contributed by atoms with Crippen molar-refractivity contribution in [1.82, 2.24) is 15.2 Å². The number of piperazine rings is 1. The fourth-order valence-corrected chi connectivity index (χ4v) is 4.22. The standard InChI is InChI=1S/C21H21ClFN5S/c1-25-16-10-12-4-2-3-5-13(12)20(27-16)17-15(22)11-14(19(24)18(17)23)21(29)28-8-6-26-7-9-28/h2-5,10-11,26H,6-9,24H2,1H3,(H,25,27). The van der Waals surface area contributed by atoms with Crippen molar-refractivity contribution in [1.29, 1.82) is 0 Å². The molecule has 5 nitrogen and oxygen atoms in total. The lowest BCUT2D eigenvalue weighted by Gasteiger charge is -2.30. The molecule has 0 radical (unpaired) electrons. The van der Waals surface area contributed by atoms with Crippen LogP contribution in [0.2, 0.25) is 5.02 Å². The largest absolute Gasteiger partial charge is 0.396 e. The van der Waals surface area contributed by atoms with Crippen molar-refractivity contribution in [2.24, 2.45) is 0 Å². The van der Waals surface area contributed by atoms with Crippen LogP contribution in [0.5, 0.6) is 0 Å². The summed E-state index contributed by atoms with van der Waals surface area (Å²) in [5.74, 6) is 0.0176. The Morgan fingerprint density at radius 2 is 2.00 bits per heavy atom. The fraction of sp³-hybridized carbons (Fsp3) is 0.238. The summed E-state index contributed by atoms with van der Waals surface area (Å²) in [6.45, 7) is 3.13. The first-order chi connectivity index (χ1) is 14.0. The summed E-state index contributed by atoms with van der Waals surface area (Å²) < 4.78 is 15.5. The number of hydrogen-bond acceptors (Lipinski definition) is 5. The monoisotopic (exact) mass is 429 g/mol. The predicted molar refractivity (Wildman–Crippen MR) is 122 cm³/mol. The molecular formula is C21H21ClFN5S. The van der Waals surface area contributed by atoms with E-state index in [1.165, 1.54) is 0 Å². The van der Waals surface area contributed by atoms with Gasteiger partial charge in [-0.1, -0.05) is 48.1 Å². The zero-order valence-electron chi connectivity index (χ0n) is 15.9. The summed E-state index contributed by atoms with van der Waals surface area (Å²) in [4.78, 5) is 7.10. The number of halogens is 2. The van der Waals surface area contributed by atoms with Crippen LogP contribution in [0, 0.1) is 5.82 Å². The third-order valence-electron chi connectivity index (χ3n) is 5.12. The number of thiocarbonyl (C=S) groups is 1. The van der Waals surface area contributed by atoms with Crippen LogP contribution in [-0.4, -0.2) is 48.1 Å². The molecule has 0 bridgehead atoms. The van der Waals surface area contributed by atoms with Gasteiger partial charge in [0.15, 0.2) is 5.82 Å². The van der Waals surface area contributed by atoms with Crippen molar-refractivity contribution in [2.75, 3.05) is 44.3 Å². The van der Waals surface area contributed by atoms with Gasteiger partial charge in [-0.2, -0.15) is 0 Å². The van der Waals surface area contributed by atoms with Crippen molar-refractivity contribution in [3.8, 4) is 11.3 Å². The Hall–Kier alpha value is -2.48. The molecule has 1 aromatic heterocycles. The van der Waals surface area contributed by atoms with Gasteiger partial charge in [0, 0.05) is 44.2 Å². The molecule has 1 fully saturated rings. The molecular weight excluding hydrogens is 409 g/mol. The van der Waals surface area contributed by atoms with Gasteiger partial charge in [-0.3, -0.25) is 0 Å². The summed E-state index contributed by atoms with van der Waals surface area (Å²) in [6, 6.07) is 11.2. The highest BCUT2D eigenvalue weighted by molar-refractivity contribution is 7.80. The summed E-state index contributed by atoms with van der Waals surface area (Å²) >= 11 is 12.2. The van der Waals surface area contributed by atoms with E-state index < -0.39 is 5.82 Å². The third-order valence-corrected chi connectivity index (χ3v) is 5.90. The molecule has 4 N–H and O–H groups in total. The van der Waals surface area contributed by atoms with Crippen LogP contribution in [0.25, 0.3) is 22.0 Å². The number of fused-ring (bicyclic) bond motifs is 1. The zero-order chi connectivity index (χ0) is 20.5. The Bertz CT molecular complexity index is 1100. The molecule has 1 aliphatic rings. The van der Waals surface area contributed by atoms with Crippen molar-refractivity contribution >= 4 is 51.1 Å². The second kappa shape index (κ2) is 8.10. The first kappa shape index (κ1) is 19.8. The van der Waals surface area contributed by atoms with Crippen LogP contribution in [0.4, 0.5) is 15.9 Å². The number of pyridine rings is 1. The van der Waals surface area contributed by atoms with Crippen LogP contribution in [0.3, 0.4) is 0 Å². The Morgan fingerprint density at radius 1 is 1.28 bits per heavy atom. The molecule has 4 rings (SSSR count). The van der Waals surface area contributed by atoms with E-state index in [9.17, 15) is 0 Å². The molecule has 2 aromatic carbocycles. The van der Waals surface area contributed by atoms with Gasteiger partial charge in [0.2, 0.25) is 0 Å². The van der Waals surface area contributed by atoms with Gasteiger partial charge in [-0.15, -0.1) is 0 Å². The summed E-state index contributed by atoms with van der Waals surface area (Å²) in [5.41, 5.74) is 7.28. The number of nitrogens with one attached hydrogen (secondary N) is 2. The molecule has 0 spiro atoms. The van der Waals surface area contributed by atoms with Crippen molar-refractivity contribution < 1.29 is 4.39 Å². The van der Waals surface area contributed by atoms with Crippen LogP contribution in [-0.2, 0) is 0 Å². The van der Waals surface area contributed by atoms with Gasteiger partial charge in [0.1, 0.15) is 10.8 Å². The van der Waals surface area contributed by atoms with Crippen LogP contribution >= 0.6 is 23.8 Å². The second-order valence-electron chi connectivity index (χ2n) is 6.88. The van der Waals surface area contributed by atoms with E-state index in [1.54, 1.807) is 13.1 Å². The van der Waals surface area contributed by atoms with Gasteiger partial charge in [0.25, 0.3) is 0 Å². The number of nitrogens with zero attached hydrogens (tertiary/aromatic N) is 2. The average Bonchev–Trinajstić information content (AvgIpc) is 2.76. The summed E-state index contributed by atoms with van der Waals surface area (Å²) in [6.07, 6.45) is 0. The Morgan fingerprint density at radius 3 is 2.72 bits per heavy atom. The SMILES string of the molecule is CNc1cc2ccccc2c(-c2c(Cl)cc(C(=S)N3CCNCC3)c(N)c2F)n1. The molecule has 0 aliphatic carbocycles. The maximum Gasteiger partial charge on any atom is 0.157 e. The van der Waals surface area contributed by atoms with E-state index in [4.69, 9.17) is 29.6 Å². The number of nitrogens with two attached hydrogens (primary N) is 1. The highest BCUT2D eigenvalue weighted by atomic mass is 35.5. The molecule has 2 heterocycles. The fourth-order valence-electron chi connectivity index (χ4n) is 3.58. The number of hydrogen-bond donors (Lipinski definition) is 3. The minimum atomic E-state index is -0.601. The summed E-state index contributed by atoms with van der Waals surface area (Å²) in [7, 11) is 1.77. The second-order valence-corrected chi connectivity index (χ2v) is 7.67. The lowest BCUT2D eigenvalue weighted by molar-refractivity contribution is 0.363. The number of anilines is 2. The van der Waals surface area contributed by atoms with Gasteiger partial charge in [0.05, 0.1) is 22.0 Å². The lowest BCUT2D eigenvalue weighted by Crippen LogP contribution is -2.46. The molecule has 0 amide bonds. The molecule has 150 valence electrons. The molecule has 0 atom stereocenters. The van der Waals surface area contributed by atoms with E-state index in [0.717, 1.165) is 37.0 Å². The predicted octanol–water partition coefficient (Wildman–Crippen LogP) is 3.90. The minimum Gasteiger partial charge on any atom is -0.396 e. The Balaban J connectivity index is 1.87. The van der Waals surface area contributed by atoms with Crippen LogP contribution in [0.15, 0.2) is 36.4 Å². The molecule has 0 unspecified atom stereocenters. The first-order valence-electron chi connectivity index (χ1n) is 9.36. The number of aromatic nitrogens is 1. The van der Waals surface area contributed by atoms with Crippen molar-refractivity contribution in [3.05, 3.63) is 52.8 Å². The van der Waals surface area contributed by atoms with E-state index in [2.05, 4.69) is 15.6 Å². The van der Waals surface area contributed by atoms with Crippen molar-refractivity contribution in [2.45, 2.75) is 0 Å². The Kier molecular flexibility index (Phi) is 5.54. The maximum atomic E-state index is 15.5. The van der Waals surface area contributed by atoms with E-state index in [0.29, 0.717) is 22.1 Å². The number of rotatable bonds is 3. The van der Waals surface area contributed by atoms with Crippen LogP contribution < -0.4 is 16.4 Å². The van der Waals surface area contributed by atoms with Crippen molar-refractivity contribution in [3.63, 3.8) is 0 Å². The quantitative estimate of drug-likeness (QED) is 0.433. The smallest absolute Gasteiger partial charge is 0.157 e.